The molecule has 0 saturated carbocycles. The van der Waals surface area contributed by atoms with Gasteiger partial charge in [-0.15, -0.1) is 0 Å². The summed E-state index contributed by atoms with van der Waals surface area (Å²) in [7, 11) is 0. The largest absolute Gasteiger partial charge is 0.373 e. The van der Waals surface area contributed by atoms with Gasteiger partial charge in [-0.05, 0) is 53.5 Å². The van der Waals surface area contributed by atoms with E-state index in [2.05, 4.69) is 80.4 Å². The second-order valence-corrected chi connectivity index (χ2v) is 8.51. The third-order valence-corrected chi connectivity index (χ3v) is 5.20. The van der Waals surface area contributed by atoms with Gasteiger partial charge in [0.1, 0.15) is 6.04 Å². The Kier molecular flexibility index (Phi) is 6.20. The van der Waals surface area contributed by atoms with E-state index in [1.165, 1.54) is 16.7 Å². The number of benzene rings is 2. The van der Waals surface area contributed by atoms with E-state index in [9.17, 15) is 4.79 Å². The van der Waals surface area contributed by atoms with Crippen LogP contribution in [-0.4, -0.2) is 23.4 Å². The average Bonchev–Trinajstić information content (AvgIpc) is 2.77. The van der Waals surface area contributed by atoms with Crippen molar-refractivity contribution in [2.45, 2.75) is 53.1 Å². The van der Waals surface area contributed by atoms with Gasteiger partial charge in [-0.3, -0.25) is 4.79 Å². The average molecular weight is 365 g/mol. The van der Waals surface area contributed by atoms with E-state index in [1.807, 2.05) is 6.07 Å². The number of nitrogens with zero attached hydrogens (tertiary/aromatic N) is 1. The van der Waals surface area contributed by atoms with Gasteiger partial charge in [-0.25, -0.2) is 0 Å². The fraction of sp³-hybridized carbons (Fsp3) is 0.458. The van der Waals surface area contributed by atoms with Crippen LogP contribution >= 0.6 is 0 Å². The van der Waals surface area contributed by atoms with Crippen molar-refractivity contribution in [2.75, 3.05) is 11.9 Å². The first-order chi connectivity index (χ1) is 12.9. The molecule has 1 heterocycles. The predicted octanol–water partition coefficient (Wildman–Crippen LogP) is 5.57. The molecule has 1 aliphatic rings. The molecule has 3 heteroatoms. The van der Waals surface area contributed by atoms with Crippen LogP contribution in [-0.2, 0) is 11.3 Å². The summed E-state index contributed by atoms with van der Waals surface area (Å²) in [5.41, 5.74) is 4.72. The lowest BCUT2D eigenvalue weighted by Crippen LogP contribution is -2.41. The summed E-state index contributed by atoms with van der Waals surface area (Å²) in [5.74, 6) is 1.30. The van der Waals surface area contributed by atoms with Crippen LogP contribution in [0.2, 0.25) is 0 Å². The second-order valence-electron chi connectivity index (χ2n) is 8.51. The third-order valence-electron chi connectivity index (χ3n) is 5.20. The fourth-order valence-electron chi connectivity index (χ4n) is 3.66. The smallest absolute Gasteiger partial charge is 0.245 e. The molecular weight excluding hydrogens is 332 g/mol. The minimum absolute atomic E-state index is 0.138. The van der Waals surface area contributed by atoms with E-state index in [0.29, 0.717) is 18.4 Å². The highest BCUT2D eigenvalue weighted by Crippen LogP contribution is 2.30. The van der Waals surface area contributed by atoms with Crippen molar-refractivity contribution in [3.63, 3.8) is 0 Å². The summed E-state index contributed by atoms with van der Waals surface area (Å²) in [6.07, 6.45) is 1.89. The monoisotopic (exact) mass is 364 g/mol. The first-order valence-corrected chi connectivity index (χ1v) is 10.2. The van der Waals surface area contributed by atoms with Gasteiger partial charge in [0.2, 0.25) is 5.91 Å². The van der Waals surface area contributed by atoms with Crippen molar-refractivity contribution < 1.29 is 4.79 Å². The Balaban J connectivity index is 1.93. The topological polar surface area (TPSA) is 32.3 Å². The molecular formula is C24H32N2O. The van der Waals surface area contributed by atoms with Gasteiger partial charge in [0.25, 0.3) is 0 Å². The number of hydrogen-bond acceptors (Lipinski definition) is 2. The van der Waals surface area contributed by atoms with Crippen molar-refractivity contribution in [2.24, 2.45) is 11.8 Å². The Bertz CT molecular complexity index is 767. The number of amides is 1. The number of carbonyl (C=O) groups is 1. The zero-order valence-corrected chi connectivity index (χ0v) is 17.0. The molecule has 0 radical (unpaired) electrons. The second kappa shape index (κ2) is 8.60. The molecule has 2 aromatic carbocycles. The summed E-state index contributed by atoms with van der Waals surface area (Å²) >= 11 is 0. The van der Waals surface area contributed by atoms with Crippen LogP contribution in [0.25, 0.3) is 11.1 Å². The van der Waals surface area contributed by atoms with E-state index in [-0.39, 0.29) is 11.9 Å². The first-order valence-electron chi connectivity index (χ1n) is 10.2. The SMILES string of the molecule is CC(C)CCN1Cc2cc(-c3ccccc3)ccc2N[C@H](CC(C)C)C1=O. The highest BCUT2D eigenvalue weighted by atomic mass is 16.2. The normalized spacial score (nSPS) is 17.0. The van der Waals surface area contributed by atoms with Gasteiger partial charge in [0.05, 0.1) is 0 Å². The molecule has 2 aromatic rings. The van der Waals surface area contributed by atoms with Crippen molar-refractivity contribution in [3.8, 4) is 11.1 Å². The molecule has 3 nitrogen and oxygen atoms in total. The predicted molar refractivity (Wildman–Crippen MR) is 114 cm³/mol. The van der Waals surface area contributed by atoms with Crippen LogP contribution in [0.3, 0.4) is 0 Å². The maximum atomic E-state index is 13.2. The van der Waals surface area contributed by atoms with Crippen LogP contribution in [0, 0.1) is 11.8 Å². The molecule has 0 aromatic heterocycles. The third kappa shape index (κ3) is 4.91. The van der Waals surface area contributed by atoms with Crippen LogP contribution in [0.1, 0.15) is 46.1 Å². The van der Waals surface area contributed by atoms with Gasteiger partial charge in [-0.2, -0.15) is 0 Å². The molecule has 144 valence electrons. The molecule has 0 unspecified atom stereocenters. The first kappa shape index (κ1) is 19.5. The van der Waals surface area contributed by atoms with Crippen molar-refractivity contribution in [1.29, 1.82) is 0 Å². The lowest BCUT2D eigenvalue weighted by molar-refractivity contribution is -0.132. The Morgan fingerprint density at radius 1 is 1.00 bits per heavy atom. The number of rotatable bonds is 6. The van der Waals surface area contributed by atoms with E-state index in [1.54, 1.807) is 0 Å². The van der Waals surface area contributed by atoms with Crippen molar-refractivity contribution >= 4 is 11.6 Å². The van der Waals surface area contributed by atoms with Gasteiger partial charge < -0.3 is 10.2 Å². The van der Waals surface area contributed by atoms with Crippen LogP contribution in [0.4, 0.5) is 5.69 Å². The lowest BCUT2D eigenvalue weighted by atomic mass is 10.0. The number of fused-ring (bicyclic) bond motifs is 1. The minimum Gasteiger partial charge on any atom is -0.373 e. The van der Waals surface area contributed by atoms with Crippen molar-refractivity contribution in [1.82, 2.24) is 4.90 Å². The van der Waals surface area contributed by atoms with Gasteiger partial charge >= 0.3 is 0 Å². The molecule has 3 rings (SSSR count). The number of anilines is 1. The summed E-state index contributed by atoms with van der Waals surface area (Å²) in [6.45, 7) is 10.3. The summed E-state index contributed by atoms with van der Waals surface area (Å²) in [4.78, 5) is 15.2. The van der Waals surface area contributed by atoms with Gasteiger partial charge in [0.15, 0.2) is 0 Å². The van der Waals surface area contributed by atoms with E-state index >= 15 is 0 Å². The molecule has 0 bridgehead atoms. The summed E-state index contributed by atoms with van der Waals surface area (Å²) < 4.78 is 0. The van der Waals surface area contributed by atoms with Crippen LogP contribution in [0.15, 0.2) is 48.5 Å². The Morgan fingerprint density at radius 3 is 2.41 bits per heavy atom. The Morgan fingerprint density at radius 2 is 1.74 bits per heavy atom. The number of hydrogen-bond donors (Lipinski definition) is 1. The minimum atomic E-state index is -0.138. The standard InChI is InChI=1S/C24H32N2O/c1-17(2)12-13-26-16-21-15-20(19-8-6-5-7-9-19)10-11-22(21)25-23(24(26)27)14-18(3)4/h5-11,15,17-18,23,25H,12-14,16H2,1-4H3/t23-/m1/s1. The van der Waals surface area contributed by atoms with Crippen molar-refractivity contribution in [3.05, 3.63) is 54.1 Å². The quantitative estimate of drug-likeness (QED) is 0.727. The summed E-state index contributed by atoms with van der Waals surface area (Å²) in [6, 6.07) is 16.8. The Labute approximate surface area is 163 Å². The molecule has 0 spiro atoms. The zero-order chi connectivity index (χ0) is 19.4. The molecule has 0 aliphatic carbocycles. The highest BCUT2D eigenvalue weighted by Gasteiger charge is 2.29. The van der Waals surface area contributed by atoms with E-state index < -0.39 is 0 Å². The highest BCUT2D eigenvalue weighted by molar-refractivity contribution is 5.87. The van der Waals surface area contributed by atoms with Gasteiger partial charge in [0, 0.05) is 18.8 Å². The zero-order valence-electron chi connectivity index (χ0n) is 17.0. The molecule has 1 atom stereocenters. The van der Waals surface area contributed by atoms with E-state index in [0.717, 1.165) is 25.1 Å². The number of carbonyl (C=O) groups excluding carboxylic acids is 1. The van der Waals surface area contributed by atoms with Crippen LogP contribution < -0.4 is 5.32 Å². The maximum Gasteiger partial charge on any atom is 0.245 e. The molecule has 0 saturated heterocycles. The Hall–Kier alpha value is -2.29. The van der Waals surface area contributed by atoms with Gasteiger partial charge in [-0.1, -0.05) is 64.1 Å². The van der Waals surface area contributed by atoms with Crippen LogP contribution in [0.5, 0.6) is 0 Å². The maximum absolute atomic E-state index is 13.2. The molecule has 1 amide bonds. The summed E-state index contributed by atoms with van der Waals surface area (Å²) in [5, 5.41) is 3.55. The fourth-order valence-corrected chi connectivity index (χ4v) is 3.66. The lowest BCUT2D eigenvalue weighted by Gasteiger charge is -2.26. The number of nitrogens with one attached hydrogen (secondary N) is 1. The molecule has 1 N–H and O–H groups in total. The molecule has 0 fully saturated rings. The molecule has 27 heavy (non-hydrogen) atoms. The molecule has 1 aliphatic heterocycles. The van der Waals surface area contributed by atoms with E-state index in [4.69, 9.17) is 0 Å².